The average molecular weight is 628 g/mol. The van der Waals surface area contributed by atoms with E-state index in [0.29, 0.717) is 55.4 Å². The first kappa shape index (κ1) is 29.3. The quantitative estimate of drug-likeness (QED) is 0.262. The number of piperidine rings is 1. The Hall–Kier alpha value is -3.41. The number of rotatable bonds is 6. The van der Waals surface area contributed by atoms with E-state index in [2.05, 4.69) is 19.9 Å². The highest BCUT2D eigenvalue weighted by atomic mass is 35.5. The van der Waals surface area contributed by atoms with Gasteiger partial charge in [0.05, 0.1) is 22.6 Å². The van der Waals surface area contributed by atoms with Crippen molar-refractivity contribution in [2.75, 3.05) is 37.7 Å². The topological polar surface area (TPSA) is 94.8 Å². The van der Waals surface area contributed by atoms with Crippen LogP contribution in [-0.2, 0) is 0 Å². The summed E-state index contributed by atoms with van der Waals surface area (Å²) in [6.07, 6.45) is 4.86. The van der Waals surface area contributed by atoms with Crippen LogP contribution in [0.1, 0.15) is 45.4 Å². The molecular formula is C32H33ClF3N5O3. The highest BCUT2D eigenvalue weighted by Gasteiger charge is 2.48. The zero-order valence-electron chi connectivity index (χ0n) is 24.3. The Balaban J connectivity index is 1.32. The standard InChI is InChI=1S/C32H33ClF3N5O3/c1-31(43)6-2-9-40(17-31)29-22-15-37-27(21-13-20(42)12-18-4-5-23(35)25(33)24(18)21)26(36)28(22)38-30(39-29)44-11-8-32-7-3-10-41(32)16-19(34)14-32/h4-5,12-13,15,19,42-43H,2-3,6-11,14,16-17H2,1H3/t19-,31-,32-/m1/s1. The van der Waals surface area contributed by atoms with Gasteiger partial charge in [0.1, 0.15) is 34.8 Å². The maximum atomic E-state index is 16.6. The second-order valence-electron chi connectivity index (χ2n) is 12.7. The Morgan fingerprint density at radius 3 is 2.77 bits per heavy atom. The van der Waals surface area contributed by atoms with E-state index in [1.165, 1.54) is 30.5 Å². The smallest absolute Gasteiger partial charge is 0.319 e. The maximum absolute atomic E-state index is 16.6. The number of anilines is 1. The molecule has 2 aromatic carbocycles. The van der Waals surface area contributed by atoms with Crippen LogP contribution >= 0.6 is 11.6 Å². The molecule has 0 unspecified atom stereocenters. The molecule has 3 aliphatic heterocycles. The second-order valence-corrected chi connectivity index (χ2v) is 13.0. The second kappa shape index (κ2) is 10.9. The number of fused-ring (bicyclic) bond motifs is 3. The fourth-order valence-electron chi connectivity index (χ4n) is 7.43. The first-order valence-corrected chi connectivity index (χ1v) is 15.4. The number of phenolic OH excluding ortho intramolecular Hbond substituents is 1. The number of benzene rings is 2. The van der Waals surface area contributed by atoms with Crippen LogP contribution in [0.25, 0.3) is 32.9 Å². The molecule has 0 spiro atoms. The summed E-state index contributed by atoms with van der Waals surface area (Å²) in [6.45, 7) is 4.11. The molecule has 2 aromatic heterocycles. The lowest BCUT2D eigenvalue weighted by atomic mass is 9.90. The van der Waals surface area contributed by atoms with E-state index >= 15 is 4.39 Å². The van der Waals surface area contributed by atoms with Crippen LogP contribution in [0.2, 0.25) is 5.02 Å². The van der Waals surface area contributed by atoms with Crippen molar-refractivity contribution in [2.45, 2.75) is 62.8 Å². The summed E-state index contributed by atoms with van der Waals surface area (Å²) in [5.74, 6) is -1.30. The van der Waals surface area contributed by atoms with Crippen molar-refractivity contribution in [3.05, 3.63) is 47.1 Å². The predicted molar refractivity (Wildman–Crippen MR) is 162 cm³/mol. The predicted octanol–water partition coefficient (Wildman–Crippen LogP) is 6.18. The Kier molecular flexibility index (Phi) is 7.25. The van der Waals surface area contributed by atoms with Gasteiger partial charge in [0, 0.05) is 48.7 Å². The lowest BCUT2D eigenvalue weighted by Crippen LogP contribution is -2.46. The largest absolute Gasteiger partial charge is 0.508 e. The fourth-order valence-corrected chi connectivity index (χ4v) is 7.70. The lowest BCUT2D eigenvalue weighted by Gasteiger charge is -2.38. The van der Waals surface area contributed by atoms with Gasteiger partial charge >= 0.3 is 6.01 Å². The molecular weight excluding hydrogens is 595 g/mol. The van der Waals surface area contributed by atoms with Crippen LogP contribution in [0, 0.1) is 11.6 Å². The summed E-state index contributed by atoms with van der Waals surface area (Å²) in [6, 6.07) is 5.29. The molecule has 0 bridgehead atoms. The summed E-state index contributed by atoms with van der Waals surface area (Å²) in [7, 11) is 0. The first-order valence-electron chi connectivity index (χ1n) is 15.0. The van der Waals surface area contributed by atoms with Gasteiger partial charge in [0.25, 0.3) is 0 Å². The monoisotopic (exact) mass is 627 g/mol. The third kappa shape index (κ3) is 5.08. The van der Waals surface area contributed by atoms with Gasteiger partial charge in [-0.05, 0) is 69.2 Å². The van der Waals surface area contributed by atoms with E-state index in [4.69, 9.17) is 16.3 Å². The van der Waals surface area contributed by atoms with Crippen molar-refractivity contribution in [3.63, 3.8) is 0 Å². The molecule has 5 heterocycles. The maximum Gasteiger partial charge on any atom is 0.319 e. The molecule has 12 heteroatoms. The molecule has 7 rings (SSSR count). The highest BCUT2D eigenvalue weighted by molar-refractivity contribution is 6.37. The van der Waals surface area contributed by atoms with Crippen molar-refractivity contribution in [3.8, 4) is 23.0 Å². The minimum absolute atomic E-state index is 0.0469. The van der Waals surface area contributed by atoms with Crippen LogP contribution in [-0.4, -0.2) is 80.2 Å². The van der Waals surface area contributed by atoms with Crippen molar-refractivity contribution in [1.29, 1.82) is 0 Å². The summed E-state index contributed by atoms with van der Waals surface area (Å²) in [4.78, 5) is 17.6. The van der Waals surface area contributed by atoms with Gasteiger partial charge in [0.15, 0.2) is 5.82 Å². The molecule has 44 heavy (non-hydrogen) atoms. The van der Waals surface area contributed by atoms with Crippen molar-refractivity contribution in [1.82, 2.24) is 19.9 Å². The zero-order valence-corrected chi connectivity index (χ0v) is 25.0. The Morgan fingerprint density at radius 1 is 1.14 bits per heavy atom. The van der Waals surface area contributed by atoms with E-state index in [9.17, 15) is 19.0 Å². The van der Waals surface area contributed by atoms with Gasteiger partial charge in [-0.3, -0.25) is 9.88 Å². The van der Waals surface area contributed by atoms with E-state index < -0.39 is 23.4 Å². The molecule has 0 radical (unpaired) electrons. The number of phenols is 1. The molecule has 3 fully saturated rings. The molecule has 0 amide bonds. The van der Waals surface area contributed by atoms with Crippen molar-refractivity contribution >= 4 is 39.1 Å². The Labute approximate surface area is 257 Å². The number of nitrogens with zero attached hydrogens (tertiary/aromatic N) is 5. The van der Waals surface area contributed by atoms with E-state index in [1.54, 1.807) is 6.92 Å². The molecule has 8 nitrogen and oxygen atoms in total. The number of ether oxygens (including phenoxy) is 1. The minimum Gasteiger partial charge on any atom is -0.508 e. The first-order chi connectivity index (χ1) is 21.0. The van der Waals surface area contributed by atoms with Crippen LogP contribution in [0.3, 0.4) is 0 Å². The molecule has 3 saturated heterocycles. The number of pyridine rings is 1. The molecule has 3 atom stereocenters. The number of aromatic nitrogens is 3. The molecule has 3 aliphatic rings. The summed E-state index contributed by atoms with van der Waals surface area (Å²) in [5.41, 5.74) is -1.37. The normalized spacial score (nSPS) is 25.7. The summed E-state index contributed by atoms with van der Waals surface area (Å²) < 4.78 is 51.4. The molecule has 0 saturated carbocycles. The number of aromatic hydroxyl groups is 1. The van der Waals surface area contributed by atoms with Crippen molar-refractivity contribution in [2.24, 2.45) is 0 Å². The SMILES string of the molecule is C[C@@]1(O)CCCN(c2nc(OCC[C@@]34CCCN3C[C@H](F)C4)nc3c(F)c(-c4cc(O)cc5ccc(F)c(Cl)c45)ncc23)C1. The van der Waals surface area contributed by atoms with E-state index in [1.807, 2.05) is 4.90 Å². The summed E-state index contributed by atoms with van der Waals surface area (Å²) in [5, 5.41) is 22.0. The molecule has 4 aromatic rings. The number of β-amino-alcohol motifs (C(OH)–C–C–N with tert-alkyl or cyclic N) is 1. The van der Waals surface area contributed by atoms with Gasteiger partial charge < -0.3 is 19.8 Å². The minimum atomic E-state index is -0.972. The zero-order chi connectivity index (χ0) is 30.8. The lowest BCUT2D eigenvalue weighted by molar-refractivity contribution is 0.0447. The van der Waals surface area contributed by atoms with Crippen molar-refractivity contribution < 1.29 is 28.1 Å². The molecule has 0 aliphatic carbocycles. The van der Waals surface area contributed by atoms with E-state index in [-0.39, 0.29) is 57.6 Å². The summed E-state index contributed by atoms with van der Waals surface area (Å²) >= 11 is 6.33. The Bertz CT molecular complexity index is 1780. The van der Waals surface area contributed by atoms with Crippen LogP contribution in [0.15, 0.2) is 30.5 Å². The number of hydrogen-bond donors (Lipinski definition) is 2. The number of hydrogen-bond acceptors (Lipinski definition) is 8. The number of alkyl halides is 1. The third-order valence-corrected chi connectivity index (χ3v) is 9.79. The van der Waals surface area contributed by atoms with E-state index in [0.717, 1.165) is 19.4 Å². The molecule has 232 valence electrons. The fraction of sp³-hybridized carbons (Fsp3) is 0.469. The highest BCUT2D eigenvalue weighted by Crippen LogP contribution is 2.43. The van der Waals surface area contributed by atoms with Crippen LogP contribution in [0.4, 0.5) is 19.0 Å². The number of halogens is 4. The van der Waals surface area contributed by atoms with Gasteiger partial charge in [0.2, 0.25) is 0 Å². The number of aliphatic hydroxyl groups is 1. The van der Waals surface area contributed by atoms with Gasteiger partial charge in [-0.15, -0.1) is 0 Å². The van der Waals surface area contributed by atoms with Gasteiger partial charge in [-0.1, -0.05) is 17.7 Å². The van der Waals surface area contributed by atoms with Crippen LogP contribution < -0.4 is 9.64 Å². The average Bonchev–Trinajstić information content (AvgIpc) is 3.49. The Morgan fingerprint density at radius 2 is 1.95 bits per heavy atom. The molecule has 2 N–H and O–H groups in total. The van der Waals surface area contributed by atoms with Crippen LogP contribution in [0.5, 0.6) is 11.8 Å². The third-order valence-electron chi connectivity index (χ3n) is 9.42. The van der Waals surface area contributed by atoms with Gasteiger partial charge in [-0.25, -0.2) is 13.2 Å². The van der Waals surface area contributed by atoms with Gasteiger partial charge in [-0.2, -0.15) is 9.97 Å².